The van der Waals surface area contributed by atoms with Crippen LogP contribution in [0.2, 0.25) is 5.02 Å². The first-order valence-corrected chi connectivity index (χ1v) is 9.63. The Labute approximate surface area is 169 Å². The van der Waals surface area contributed by atoms with Crippen LogP contribution in [0.25, 0.3) is 0 Å². The fourth-order valence-electron chi connectivity index (χ4n) is 2.70. The van der Waals surface area contributed by atoms with Crippen molar-refractivity contribution in [1.29, 1.82) is 0 Å². The van der Waals surface area contributed by atoms with Crippen molar-refractivity contribution >= 4 is 39.1 Å². The summed E-state index contributed by atoms with van der Waals surface area (Å²) in [6, 6.07) is 10.8. The monoisotopic (exact) mass is 463 g/mol. The number of nitrogens with zero attached hydrogens (tertiary/aromatic N) is 1. The van der Waals surface area contributed by atoms with Gasteiger partial charge in [-0.2, -0.15) is 0 Å². The second-order valence-electron chi connectivity index (χ2n) is 5.49. The molecule has 3 nitrogen and oxygen atoms in total. The molecule has 0 aliphatic carbocycles. The lowest BCUT2D eigenvalue weighted by Crippen LogP contribution is -2.31. The minimum absolute atomic E-state index is 0.259. The van der Waals surface area contributed by atoms with E-state index in [1.165, 1.54) is 17.0 Å². The highest BCUT2D eigenvalue weighted by Gasteiger charge is 2.33. The van der Waals surface area contributed by atoms with Crippen molar-refractivity contribution in [3.05, 3.63) is 58.6 Å². The average molecular weight is 465 g/mol. The Kier molecular flexibility index (Phi) is 7.17. The summed E-state index contributed by atoms with van der Waals surface area (Å²) < 4.78 is 41.2. The van der Waals surface area contributed by atoms with E-state index >= 15 is 0 Å². The molecule has 27 heavy (non-hydrogen) atoms. The number of amides is 1. The Balaban J connectivity index is 0.00000126. The molecule has 0 spiro atoms. The van der Waals surface area contributed by atoms with Crippen molar-refractivity contribution in [1.82, 2.24) is 0 Å². The predicted molar refractivity (Wildman–Crippen MR) is 104 cm³/mol. The molecular weight excluding hydrogens is 447 g/mol. The number of hydrogen-bond donors (Lipinski definition) is 0. The SMILES string of the molecule is CC.O=C(C(Br)c1ccc(Cl)cc1)N1CCc2ccc(OC(F)(F)F)cc21. The number of carbonyl (C=O) groups excluding carboxylic acids is 1. The molecule has 0 saturated heterocycles. The average Bonchev–Trinajstić information content (AvgIpc) is 3.04. The van der Waals surface area contributed by atoms with Gasteiger partial charge in [-0.1, -0.05) is 59.6 Å². The standard InChI is InChI=1S/C17H12BrClF3NO2.C2H6/c18-15(11-1-4-12(19)5-2-11)16(24)23-8-7-10-3-6-13(9-14(10)23)25-17(20,21)22;1-2/h1-6,9,15H,7-8H2;1-2H3. The molecule has 1 unspecified atom stereocenters. The molecule has 8 heteroatoms. The third-order valence-corrected chi connectivity index (χ3v) is 5.00. The van der Waals surface area contributed by atoms with Crippen molar-refractivity contribution in [3.63, 3.8) is 0 Å². The number of halogens is 5. The van der Waals surface area contributed by atoms with Crippen LogP contribution >= 0.6 is 27.5 Å². The lowest BCUT2D eigenvalue weighted by atomic mass is 10.1. The van der Waals surface area contributed by atoms with E-state index in [2.05, 4.69) is 20.7 Å². The fourth-order valence-corrected chi connectivity index (χ4v) is 3.37. The van der Waals surface area contributed by atoms with Gasteiger partial charge in [-0.05, 0) is 35.7 Å². The van der Waals surface area contributed by atoms with Crippen LogP contribution in [0.15, 0.2) is 42.5 Å². The van der Waals surface area contributed by atoms with Crippen LogP contribution in [0.5, 0.6) is 5.75 Å². The molecule has 1 heterocycles. The highest BCUT2D eigenvalue weighted by atomic mass is 79.9. The first kappa shape index (κ1) is 21.6. The quantitative estimate of drug-likeness (QED) is 0.500. The van der Waals surface area contributed by atoms with Crippen LogP contribution in [0.4, 0.5) is 18.9 Å². The first-order chi connectivity index (χ1) is 12.7. The van der Waals surface area contributed by atoms with E-state index in [1.54, 1.807) is 30.3 Å². The van der Waals surface area contributed by atoms with Gasteiger partial charge in [0.1, 0.15) is 10.6 Å². The minimum Gasteiger partial charge on any atom is -0.406 e. The maximum absolute atomic E-state index is 12.8. The van der Waals surface area contributed by atoms with E-state index in [4.69, 9.17) is 11.6 Å². The number of rotatable bonds is 3. The Bertz CT molecular complexity index is 797. The summed E-state index contributed by atoms with van der Waals surface area (Å²) in [7, 11) is 0. The highest BCUT2D eigenvalue weighted by Crippen LogP contribution is 2.37. The van der Waals surface area contributed by atoms with E-state index < -0.39 is 11.2 Å². The second kappa shape index (κ2) is 8.97. The third kappa shape index (κ3) is 5.39. The van der Waals surface area contributed by atoms with Crippen molar-refractivity contribution in [2.75, 3.05) is 11.4 Å². The molecule has 0 radical (unpaired) electrons. The number of benzene rings is 2. The van der Waals surface area contributed by atoms with E-state index in [0.29, 0.717) is 29.2 Å². The lowest BCUT2D eigenvalue weighted by molar-refractivity contribution is -0.274. The Hall–Kier alpha value is -1.73. The van der Waals surface area contributed by atoms with Gasteiger partial charge >= 0.3 is 6.36 Å². The largest absolute Gasteiger partial charge is 0.573 e. The zero-order chi connectivity index (χ0) is 20.2. The molecule has 2 aromatic rings. The molecule has 0 N–H and O–H groups in total. The van der Waals surface area contributed by atoms with Gasteiger partial charge in [-0.25, -0.2) is 0 Å². The summed E-state index contributed by atoms with van der Waals surface area (Å²) in [5, 5.41) is 0.552. The van der Waals surface area contributed by atoms with E-state index in [9.17, 15) is 18.0 Å². The Morgan fingerprint density at radius 3 is 2.41 bits per heavy atom. The van der Waals surface area contributed by atoms with Crippen LogP contribution in [-0.4, -0.2) is 18.8 Å². The molecule has 1 aliphatic rings. The van der Waals surface area contributed by atoms with Crippen LogP contribution in [0, 0.1) is 0 Å². The first-order valence-electron chi connectivity index (χ1n) is 8.34. The highest BCUT2D eigenvalue weighted by molar-refractivity contribution is 9.09. The van der Waals surface area contributed by atoms with Gasteiger partial charge in [0.05, 0.1) is 5.69 Å². The summed E-state index contributed by atoms with van der Waals surface area (Å²) in [6.45, 7) is 4.40. The molecule has 0 aromatic heterocycles. The molecule has 0 saturated carbocycles. The molecule has 146 valence electrons. The van der Waals surface area contributed by atoms with Gasteiger partial charge in [0, 0.05) is 17.6 Å². The number of anilines is 1. The zero-order valence-electron chi connectivity index (χ0n) is 14.7. The van der Waals surface area contributed by atoms with Crippen molar-refractivity contribution in [2.45, 2.75) is 31.5 Å². The smallest absolute Gasteiger partial charge is 0.406 e. The van der Waals surface area contributed by atoms with Gasteiger partial charge in [0.15, 0.2) is 0 Å². The number of fused-ring (bicyclic) bond motifs is 1. The van der Waals surface area contributed by atoms with Gasteiger partial charge in [0.2, 0.25) is 5.91 Å². The molecule has 1 atom stereocenters. The molecule has 1 aliphatic heterocycles. The number of alkyl halides is 4. The van der Waals surface area contributed by atoms with E-state index in [0.717, 1.165) is 5.56 Å². The summed E-state index contributed by atoms with van der Waals surface area (Å²) in [5.74, 6) is -0.603. The third-order valence-electron chi connectivity index (χ3n) is 3.83. The lowest BCUT2D eigenvalue weighted by Gasteiger charge is -2.21. The maximum Gasteiger partial charge on any atom is 0.573 e. The number of carbonyl (C=O) groups is 1. The van der Waals surface area contributed by atoms with Gasteiger partial charge in [0.25, 0.3) is 0 Å². The maximum atomic E-state index is 12.8. The summed E-state index contributed by atoms with van der Waals surface area (Å²) in [4.78, 5) is 13.6. The topological polar surface area (TPSA) is 29.5 Å². The van der Waals surface area contributed by atoms with E-state index in [1.807, 2.05) is 13.8 Å². The van der Waals surface area contributed by atoms with Crippen molar-refractivity contribution in [3.8, 4) is 5.75 Å². The fraction of sp³-hybridized carbons (Fsp3) is 0.316. The summed E-state index contributed by atoms with van der Waals surface area (Å²) in [6.07, 6.45) is -4.20. The van der Waals surface area contributed by atoms with Gasteiger partial charge < -0.3 is 9.64 Å². The van der Waals surface area contributed by atoms with Gasteiger partial charge in [-0.15, -0.1) is 13.2 Å². The van der Waals surface area contributed by atoms with Crippen molar-refractivity contribution in [2.24, 2.45) is 0 Å². The summed E-state index contributed by atoms with van der Waals surface area (Å²) in [5.41, 5.74) is 1.95. The van der Waals surface area contributed by atoms with Crippen LogP contribution in [0.1, 0.15) is 29.8 Å². The van der Waals surface area contributed by atoms with Crippen LogP contribution in [-0.2, 0) is 11.2 Å². The van der Waals surface area contributed by atoms with Crippen LogP contribution in [0.3, 0.4) is 0 Å². The molecule has 2 aromatic carbocycles. The van der Waals surface area contributed by atoms with Crippen LogP contribution < -0.4 is 9.64 Å². The number of hydrogen-bond acceptors (Lipinski definition) is 2. The Morgan fingerprint density at radius 2 is 1.81 bits per heavy atom. The molecule has 1 amide bonds. The van der Waals surface area contributed by atoms with Gasteiger partial charge in [-0.3, -0.25) is 4.79 Å². The molecular formula is C19H18BrClF3NO2. The van der Waals surface area contributed by atoms with E-state index in [-0.39, 0.29) is 11.7 Å². The molecule has 3 rings (SSSR count). The second-order valence-corrected chi connectivity index (χ2v) is 6.84. The number of ether oxygens (including phenoxy) is 1. The molecule has 0 fully saturated rings. The Morgan fingerprint density at radius 1 is 1.19 bits per heavy atom. The molecule has 0 bridgehead atoms. The minimum atomic E-state index is -4.77. The summed E-state index contributed by atoms with van der Waals surface area (Å²) >= 11 is 9.20. The predicted octanol–water partition coefficient (Wildman–Crippen LogP) is 6.29. The zero-order valence-corrected chi connectivity index (χ0v) is 17.0. The normalized spacial score (nSPS) is 14.1. The van der Waals surface area contributed by atoms with Crippen molar-refractivity contribution < 1.29 is 22.7 Å².